The van der Waals surface area contributed by atoms with Crippen LogP contribution in [0.25, 0.3) is 0 Å². The number of rotatable bonds is 4. The second-order valence-electron chi connectivity index (χ2n) is 4.79. The van der Waals surface area contributed by atoms with Crippen molar-refractivity contribution in [3.8, 4) is 0 Å². The Balaban J connectivity index is 2.73. The summed E-state index contributed by atoms with van der Waals surface area (Å²) in [6.45, 7) is 6.63. The van der Waals surface area contributed by atoms with E-state index in [9.17, 15) is 12.8 Å². The van der Waals surface area contributed by atoms with Crippen LogP contribution in [0.3, 0.4) is 0 Å². The van der Waals surface area contributed by atoms with Gasteiger partial charge in [0.15, 0.2) is 5.13 Å². The maximum absolute atomic E-state index is 13.6. The van der Waals surface area contributed by atoms with Gasteiger partial charge in [0, 0.05) is 17.4 Å². The molecule has 6 heteroatoms. The summed E-state index contributed by atoms with van der Waals surface area (Å²) < 4.78 is 39.2. The largest absolute Gasteiger partial charge is 0.225 e. The van der Waals surface area contributed by atoms with Crippen LogP contribution in [-0.2, 0) is 10.0 Å². The zero-order valence-corrected chi connectivity index (χ0v) is 10.9. The molecule has 0 radical (unpaired) electrons. The molecule has 3 nitrogen and oxygen atoms in total. The van der Waals surface area contributed by atoms with Crippen molar-refractivity contribution < 1.29 is 12.8 Å². The monoisotopic (exact) mass is 257 g/mol. The molecule has 0 spiro atoms. The molecule has 3 atom stereocenters. The van der Waals surface area contributed by atoms with Crippen LogP contribution in [0.4, 0.5) is 4.39 Å². The Morgan fingerprint density at radius 2 is 1.93 bits per heavy atom. The molecule has 90 valence electrons. The van der Waals surface area contributed by atoms with Crippen LogP contribution < -0.4 is 4.72 Å². The lowest BCUT2D eigenvalue weighted by Crippen LogP contribution is -2.36. The number of alkyl halides is 2. The van der Waals surface area contributed by atoms with Gasteiger partial charge >= 0.3 is 0 Å². The lowest BCUT2D eigenvalue weighted by Gasteiger charge is -2.14. The lowest BCUT2D eigenvalue weighted by molar-refractivity contribution is 0.347. The first-order chi connectivity index (χ1) is 6.53. The molecule has 0 aliphatic heterocycles. The summed E-state index contributed by atoms with van der Waals surface area (Å²) in [5, 5.41) is -1.89. The highest BCUT2D eigenvalue weighted by Gasteiger charge is 2.73. The second kappa shape index (κ2) is 3.57. The fraction of sp³-hybridized carbons (Fsp3) is 1.00. The van der Waals surface area contributed by atoms with Crippen LogP contribution in [-0.4, -0.2) is 25.3 Å². The van der Waals surface area contributed by atoms with E-state index in [1.807, 2.05) is 0 Å². The van der Waals surface area contributed by atoms with Gasteiger partial charge in [-0.05, 0) is 13.8 Å². The van der Waals surface area contributed by atoms with E-state index in [1.54, 1.807) is 27.7 Å². The summed E-state index contributed by atoms with van der Waals surface area (Å²) in [6.07, 6.45) is 0. The molecule has 0 bridgehead atoms. The highest BCUT2D eigenvalue weighted by molar-refractivity contribution is 7.89. The first-order valence-electron chi connectivity index (χ1n) is 4.91. The van der Waals surface area contributed by atoms with Crippen LogP contribution in [0.2, 0.25) is 0 Å². The highest BCUT2D eigenvalue weighted by atomic mass is 35.5. The van der Waals surface area contributed by atoms with Crippen molar-refractivity contribution >= 4 is 21.6 Å². The molecule has 1 aliphatic carbocycles. The standard InChI is InChI=1S/C9H17ClFNO2S/c1-6(2)12-15(13,14)5-8(4)7(3)9(8,10)11/h6-7,12H,5H2,1-4H3. The molecular weight excluding hydrogens is 241 g/mol. The van der Waals surface area contributed by atoms with Crippen LogP contribution in [0, 0.1) is 11.3 Å². The van der Waals surface area contributed by atoms with Crippen molar-refractivity contribution in [1.82, 2.24) is 4.72 Å². The average Bonchev–Trinajstić information content (AvgIpc) is 2.30. The minimum Gasteiger partial charge on any atom is -0.225 e. The normalized spacial score (nSPS) is 40.9. The van der Waals surface area contributed by atoms with Gasteiger partial charge in [-0.2, -0.15) is 0 Å². The highest BCUT2D eigenvalue weighted by Crippen LogP contribution is 2.67. The van der Waals surface area contributed by atoms with Gasteiger partial charge in [0.05, 0.1) is 5.75 Å². The molecular formula is C9H17ClFNO2S. The number of hydrogen-bond donors (Lipinski definition) is 1. The number of hydrogen-bond acceptors (Lipinski definition) is 2. The summed E-state index contributed by atoms with van der Waals surface area (Å²) in [6, 6.07) is -0.183. The molecule has 1 aliphatic rings. The Bertz CT molecular complexity index is 355. The van der Waals surface area contributed by atoms with Crippen molar-refractivity contribution in [3.63, 3.8) is 0 Å². The van der Waals surface area contributed by atoms with Gasteiger partial charge in [0.1, 0.15) is 0 Å². The smallest absolute Gasteiger partial charge is 0.212 e. The molecule has 1 saturated carbocycles. The Labute approximate surface area is 95.4 Å². The topological polar surface area (TPSA) is 46.2 Å². The van der Waals surface area contributed by atoms with Crippen molar-refractivity contribution in [3.05, 3.63) is 0 Å². The number of halogens is 2. The first kappa shape index (κ1) is 13.2. The molecule has 3 unspecified atom stereocenters. The molecule has 0 aromatic rings. The van der Waals surface area contributed by atoms with Gasteiger partial charge in [-0.3, -0.25) is 0 Å². The molecule has 1 rings (SSSR count). The predicted molar refractivity (Wildman–Crippen MR) is 59.0 cm³/mol. The first-order valence-corrected chi connectivity index (χ1v) is 6.94. The van der Waals surface area contributed by atoms with E-state index in [4.69, 9.17) is 11.6 Å². The zero-order valence-electron chi connectivity index (χ0n) is 9.34. The Kier molecular flexibility index (Phi) is 3.14. The van der Waals surface area contributed by atoms with Crippen molar-refractivity contribution in [2.75, 3.05) is 5.75 Å². The van der Waals surface area contributed by atoms with E-state index in [1.165, 1.54) is 0 Å². The second-order valence-corrected chi connectivity index (χ2v) is 7.10. The molecule has 1 N–H and O–H groups in total. The maximum atomic E-state index is 13.6. The van der Waals surface area contributed by atoms with E-state index < -0.39 is 26.5 Å². The Morgan fingerprint density at radius 1 is 1.53 bits per heavy atom. The molecule has 0 aromatic heterocycles. The van der Waals surface area contributed by atoms with Gasteiger partial charge in [-0.15, -0.1) is 0 Å². The van der Waals surface area contributed by atoms with Crippen molar-refractivity contribution in [1.29, 1.82) is 0 Å². The molecule has 0 aromatic carbocycles. The van der Waals surface area contributed by atoms with Gasteiger partial charge in [-0.25, -0.2) is 17.5 Å². The predicted octanol–water partition coefficient (Wildman–Crippen LogP) is 1.87. The average molecular weight is 258 g/mol. The molecule has 15 heavy (non-hydrogen) atoms. The van der Waals surface area contributed by atoms with E-state index in [2.05, 4.69) is 4.72 Å². The van der Waals surface area contributed by atoms with Gasteiger partial charge in [-0.1, -0.05) is 25.4 Å². The third kappa shape index (κ3) is 2.29. The summed E-state index contributed by atoms with van der Waals surface area (Å²) in [5.41, 5.74) is -0.977. The minimum atomic E-state index is -3.45. The third-order valence-corrected chi connectivity index (χ3v) is 5.65. The SMILES string of the molecule is CC(C)NS(=O)(=O)CC1(C)C(C)C1(F)Cl. The molecule has 1 fully saturated rings. The van der Waals surface area contributed by atoms with E-state index in [0.717, 1.165) is 0 Å². The third-order valence-electron chi connectivity index (χ3n) is 3.08. The summed E-state index contributed by atoms with van der Waals surface area (Å²) >= 11 is 5.58. The van der Waals surface area contributed by atoms with E-state index >= 15 is 0 Å². The van der Waals surface area contributed by atoms with Crippen LogP contribution >= 0.6 is 11.6 Å². The van der Waals surface area contributed by atoms with Gasteiger partial charge in [0.25, 0.3) is 0 Å². The molecule has 0 amide bonds. The number of nitrogens with one attached hydrogen (secondary N) is 1. The van der Waals surface area contributed by atoms with Crippen molar-refractivity contribution in [2.24, 2.45) is 11.3 Å². The Hall–Kier alpha value is 0.130. The zero-order chi connectivity index (χ0) is 12.1. The number of sulfonamides is 1. The fourth-order valence-electron chi connectivity index (χ4n) is 1.82. The fourth-order valence-corrected chi connectivity index (χ4v) is 4.37. The molecule has 0 heterocycles. The van der Waals surface area contributed by atoms with Crippen molar-refractivity contribution in [2.45, 2.75) is 38.9 Å². The maximum Gasteiger partial charge on any atom is 0.212 e. The summed E-state index contributed by atoms with van der Waals surface area (Å²) in [5.74, 6) is -0.699. The summed E-state index contributed by atoms with van der Waals surface area (Å²) in [4.78, 5) is 0. The van der Waals surface area contributed by atoms with E-state index in [-0.39, 0.29) is 11.8 Å². The summed E-state index contributed by atoms with van der Waals surface area (Å²) in [7, 11) is -3.45. The van der Waals surface area contributed by atoms with Crippen LogP contribution in [0.5, 0.6) is 0 Å². The van der Waals surface area contributed by atoms with Crippen LogP contribution in [0.1, 0.15) is 27.7 Å². The Morgan fingerprint density at radius 3 is 2.20 bits per heavy atom. The lowest BCUT2D eigenvalue weighted by atomic mass is 10.1. The quantitative estimate of drug-likeness (QED) is 0.782. The van der Waals surface area contributed by atoms with Gasteiger partial charge < -0.3 is 0 Å². The van der Waals surface area contributed by atoms with E-state index in [0.29, 0.717) is 0 Å². The minimum absolute atomic E-state index is 0.183. The van der Waals surface area contributed by atoms with Crippen LogP contribution in [0.15, 0.2) is 0 Å². The van der Waals surface area contributed by atoms with Gasteiger partial charge in [0.2, 0.25) is 10.0 Å². The molecule has 0 saturated heterocycles.